The third kappa shape index (κ3) is 4.93. The predicted octanol–water partition coefficient (Wildman–Crippen LogP) is 3.42. The third-order valence-electron chi connectivity index (χ3n) is 4.62. The average Bonchev–Trinajstić information content (AvgIpc) is 3.08. The van der Waals surface area contributed by atoms with E-state index in [4.69, 9.17) is 4.74 Å². The number of hydrogen-bond donors (Lipinski definition) is 2. The van der Waals surface area contributed by atoms with Crippen molar-refractivity contribution in [2.75, 3.05) is 18.5 Å². The van der Waals surface area contributed by atoms with E-state index in [1.54, 1.807) is 12.1 Å². The lowest BCUT2D eigenvalue weighted by Gasteiger charge is -2.15. The monoisotopic (exact) mass is 416 g/mol. The Labute approximate surface area is 174 Å². The van der Waals surface area contributed by atoms with Gasteiger partial charge in [-0.3, -0.25) is 9.48 Å². The number of carbonyl (C=O) groups is 1. The highest BCUT2D eigenvalue weighted by Gasteiger charge is 2.25. The van der Waals surface area contributed by atoms with Gasteiger partial charge in [0.15, 0.2) is 5.69 Å². The molecule has 0 spiro atoms. The van der Waals surface area contributed by atoms with E-state index >= 15 is 0 Å². The highest BCUT2D eigenvalue weighted by atomic mass is 35.5. The molecular formula is C21H22ClFN4O2. The van der Waals surface area contributed by atoms with Crippen LogP contribution in [0.2, 0.25) is 0 Å². The van der Waals surface area contributed by atoms with Crippen molar-refractivity contribution in [1.82, 2.24) is 15.1 Å². The number of halogens is 2. The van der Waals surface area contributed by atoms with E-state index in [0.717, 1.165) is 30.0 Å². The zero-order valence-electron chi connectivity index (χ0n) is 15.7. The number of ether oxygens (including phenoxy) is 1. The summed E-state index contributed by atoms with van der Waals surface area (Å²) in [5.41, 5.74) is 2.70. The Bertz CT molecular complexity index is 978. The van der Waals surface area contributed by atoms with Crippen LogP contribution in [0.3, 0.4) is 0 Å². The van der Waals surface area contributed by atoms with Crippen molar-refractivity contribution in [1.29, 1.82) is 0 Å². The molecule has 0 bridgehead atoms. The number of anilines is 1. The smallest absolute Gasteiger partial charge is 0.276 e. The van der Waals surface area contributed by atoms with E-state index in [-0.39, 0.29) is 18.3 Å². The van der Waals surface area contributed by atoms with E-state index in [9.17, 15) is 9.18 Å². The van der Waals surface area contributed by atoms with Crippen LogP contribution >= 0.6 is 12.4 Å². The van der Waals surface area contributed by atoms with E-state index < -0.39 is 5.82 Å². The summed E-state index contributed by atoms with van der Waals surface area (Å²) in [6, 6.07) is 15.4. The second kappa shape index (κ2) is 9.54. The average molecular weight is 417 g/mol. The first-order chi connectivity index (χ1) is 13.7. The number of fused-ring (bicyclic) bond motifs is 1. The van der Waals surface area contributed by atoms with Crippen molar-refractivity contribution < 1.29 is 13.9 Å². The molecule has 29 heavy (non-hydrogen) atoms. The molecule has 2 N–H and O–H groups in total. The van der Waals surface area contributed by atoms with Gasteiger partial charge >= 0.3 is 0 Å². The van der Waals surface area contributed by atoms with Crippen LogP contribution in [0.25, 0.3) is 0 Å². The molecule has 0 saturated heterocycles. The summed E-state index contributed by atoms with van der Waals surface area (Å²) in [6.07, 6.45) is 0.793. The quantitative estimate of drug-likeness (QED) is 0.646. The molecule has 0 atom stereocenters. The van der Waals surface area contributed by atoms with Crippen molar-refractivity contribution in [3.63, 3.8) is 0 Å². The van der Waals surface area contributed by atoms with Crippen molar-refractivity contribution in [2.45, 2.75) is 19.5 Å². The topological polar surface area (TPSA) is 68.2 Å². The first-order valence-electron chi connectivity index (χ1n) is 9.25. The minimum Gasteiger partial charge on any atom is -0.492 e. The maximum absolute atomic E-state index is 13.4. The predicted molar refractivity (Wildman–Crippen MR) is 111 cm³/mol. The highest BCUT2D eigenvalue weighted by molar-refractivity contribution is 6.04. The van der Waals surface area contributed by atoms with Crippen LogP contribution < -0.4 is 15.4 Å². The fourth-order valence-corrected chi connectivity index (χ4v) is 3.31. The zero-order valence-corrected chi connectivity index (χ0v) is 16.5. The van der Waals surface area contributed by atoms with Gasteiger partial charge < -0.3 is 15.4 Å². The number of para-hydroxylation sites is 1. The first-order valence-corrected chi connectivity index (χ1v) is 9.25. The number of carbonyl (C=O) groups excluding carboxylic acids is 1. The second-order valence-electron chi connectivity index (χ2n) is 6.55. The molecule has 152 valence electrons. The van der Waals surface area contributed by atoms with Crippen molar-refractivity contribution in [3.05, 3.63) is 77.4 Å². The molecule has 0 radical (unpaired) electrons. The summed E-state index contributed by atoms with van der Waals surface area (Å²) in [5.74, 6) is 0.0626. The molecule has 1 aliphatic heterocycles. The molecule has 0 unspecified atom stereocenters. The minimum atomic E-state index is -0.398. The molecule has 2 heterocycles. The Morgan fingerprint density at radius 2 is 2.03 bits per heavy atom. The lowest BCUT2D eigenvalue weighted by molar-refractivity contribution is 0.102. The van der Waals surface area contributed by atoms with E-state index in [1.807, 2.05) is 35.0 Å². The normalized spacial score (nSPS) is 12.6. The summed E-state index contributed by atoms with van der Waals surface area (Å²) in [6.45, 7) is 2.42. The van der Waals surface area contributed by atoms with E-state index in [1.165, 1.54) is 12.1 Å². The maximum atomic E-state index is 13.4. The molecule has 8 heteroatoms. The number of rotatable bonds is 6. The Morgan fingerprint density at radius 3 is 2.83 bits per heavy atom. The Morgan fingerprint density at radius 1 is 1.21 bits per heavy atom. The summed E-state index contributed by atoms with van der Waals surface area (Å²) in [5, 5.41) is 10.5. The van der Waals surface area contributed by atoms with Crippen LogP contribution in [-0.2, 0) is 19.5 Å². The summed E-state index contributed by atoms with van der Waals surface area (Å²) >= 11 is 0. The number of amides is 1. The molecule has 1 aromatic heterocycles. The van der Waals surface area contributed by atoms with Crippen molar-refractivity contribution in [3.8, 4) is 5.75 Å². The van der Waals surface area contributed by atoms with Crippen LogP contribution in [0.1, 0.15) is 21.7 Å². The van der Waals surface area contributed by atoms with Crippen LogP contribution in [0.15, 0.2) is 54.6 Å². The van der Waals surface area contributed by atoms with Crippen LogP contribution in [0.4, 0.5) is 10.1 Å². The van der Waals surface area contributed by atoms with Gasteiger partial charge in [-0.2, -0.15) is 5.10 Å². The van der Waals surface area contributed by atoms with Gasteiger partial charge in [-0.1, -0.05) is 24.3 Å². The summed E-state index contributed by atoms with van der Waals surface area (Å²) in [7, 11) is 0. The fraction of sp³-hybridized carbons (Fsp3) is 0.238. The van der Waals surface area contributed by atoms with Gasteiger partial charge in [-0.15, -0.1) is 12.4 Å². The van der Waals surface area contributed by atoms with Gasteiger partial charge in [0.1, 0.15) is 18.2 Å². The molecule has 3 aromatic rings. The van der Waals surface area contributed by atoms with E-state index in [0.29, 0.717) is 31.1 Å². The van der Waals surface area contributed by atoms with Gasteiger partial charge in [-0.05, 0) is 30.3 Å². The standard InChI is InChI=1S/C21H21FN4O2.ClH/c22-15-5-4-6-16(13-15)24-21(27)20-18-14-23-10-9-19(18)26(25-20)11-12-28-17-7-2-1-3-8-17;/h1-8,13,23H,9-12,14H2,(H,24,27);1H. The number of hydrogen-bond acceptors (Lipinski definition) is 4. The third-order valence-corrected chi connectivity index (χ3v) is 4.62. The van der Waals surface area contributed by atoms with Gasteiger partial charge in [0.05, 0.1) is 6.54 Å². The molecule has 6 nitrogen and oxygen atoms in total. The van der Waals surface area contributed by atoms with Gasteiger partial charge in [0, 0.05) is 36.5 Å². The van der Waals surface area contributed by atoms with Gasteiger partial charge in [0.25, 0.3) is 5.91 Å². The molecule has 0 fully saturated rings. The Hall–Kier alpha value is -2.90. The first kappa shape index (κ1) is 20.8. The molecule has 0 aliphatic carbocycles. The lowest BCUT2D eigenvalue weighted by atomic mass is 10.1. The lowest BCUT2D eigenvalue weighted by Crippen LogP contribution is -2.26. The molecule has 1 aliphatic rings. The largest absolute Gasteiger partial charge is 0.492 e. The molecule has 1 amide bonds. The van der Waals surface area contributed by atoms with Crippen LogP contribution in [0.5, 0.6) is 5.75 Å². The van der Waals surface area contributed by atoms with Crippen LogP contribution in [0, 0.1) is 5.82 Å². The van der Waals surface area contributed by atoms with E-state index in [2.05, 4.69) is 15.7 Å². The number of benzene rings is 2. The number of nitrogens with zero attached hydrogens (tertiary/aromatic N) is 2. The van der Waals surface area contributed by atoms with Crippen molar-refractivity contribution in [2.24, 2.45) is 0 Å². The van der Waals surface area contributed by atoms with Crippen molar-refractivity contribution >= 4 is 24.0 Å². The molecule has 0 saturated carbocycles. The molecule has 2 aromatic carbocycles. The number of nitrogens with one attached hydrogen (secondary N) is 2. The Kier molecular flexibility index (Phi) is 6.85. The number of aromatic nitrogens is 2. The highest BCUT2D eigenvalue weighted by Crippen LogP contribution is 2.20. The fourth-order valence-electron chi connectivity index (χ4n) is 3.31. The van der Waals surface area contributed by atoms with Crippen LogP contribution in [-0.4, -0.2) is 28.8 Å². The zero-order chi connectivity index (χ0) is 19.3. The maximum Gasteiger partial charge on any atom is 0.276 e. The molecular weight excluding hydrogens is 395 g/mol. The second-order valence-corrected chi connectivity index (χ2v) is 6.55. The van der Waals surface area contributed by atoms with Gasteiger partial charge in [0.2, 0.25) is 0 Å². The summed E-state index contributed by atoms with van der Waals surface area (Å²) < 4.78 is 21.0. The minimum absolute atomic E-state index is 0. The molecule has 4 rings (SSSR count). The Balaban J connectivity index is 0.00000240. The summed E-state index contributed by atoms with van der Waals surface area (Å²) in [4.78, 5) is 12.7. The van der Waals surface area contributed by atoms with Gasteiger partial charge in [-0.25, -0.2) is 4.39 Å². The SMILES string of the molecule is Cl.O=C(Nc1cccc(F)c1)c1nn(CCOc2ccccc2)c2c1CNCC2.